The van der Waals surface area contributed by atoms with E-state index in [1.807, 2.05) is 6.07 Å². The van der Waals surface area contributed by atoms with Gasteiger partial charge in [0.05, 0.1) is 0 Å². The van der Waals surface area contributed by atoms with Gasteiger partial charge in [0.2, 0.25) is 0 Å². The van der Waals surface area contributed by atoms with E-state index in [2.05, 4.69) is 13.8 Å². The fraction of sp³-hybridized carbons (Fsp3) is 0.364. The van der Waals surface area contributed by atoms with Gasteiger partial charge in [-0.2, -0.15) is 0 Å². The van der Waals surface area contributed by atoms with Crippen molar-refractivity contribution >= 4 is 12.0 Å². The third kappa shape index (κ3) is 2.58. The molecule has 0 aliphatic heterocycles. The molecule has 0 bridgehead atoms. The first-order valence-electron chi connectivity index (χ1n) is 4.47. The Bertz CT molecular complexity index is 305. The zero-order chi connectivity index (χ0) is 9.84. The molecule has 0 radical (unpaired) electrons. The number of carbonyl (C=O) groups is 1. The first-order valence-corrected chi connectivity index (χ1v) is 4.47. The molecule has 0 aliphatic carbocycles. The average molecular weight is 177 g/mol. The van der Waals surface area contributed by atoms with E-state index in [9.17, 15) is 4.79 Å². The van der Waals surface area contributed by atoms with Crippen LogP contribution >= 0.6 is 0 Å². The first-order chi connectivity index (χ1) is 6.13. The highest BCUT2D eigenvalue weighted by Crippen LogP contribution is 2.17. The second kappa shape index (κ2) is 4.08. The van der Waals surface area contributed by atoms with Gasteiger partial charge in [-0.15, -0.1) is 0 Å². The molecule has 0 aliphatic rings. The Kier molecular flexibility index (Phi) is 3.07. The van der Waals surface area contributed by atoms with E-state index in [-0.39, 0.29) is 0 Å². The van der Waals surface area contributed by atoms with Gasteiger partial charge in [-0.3, -0.25) is 4.79 Å². The van der Waals surface area contributed by atoms with Crippen molar-refractivity contribution in [3.05, 3.63) is 29.3 Å². The van der Waals surface area contributed by atoms with Gasteiger partial charge in [0, 0.05) is 11.3 Å². The second-order valence-electron chi connectivity index (χ2n) is 3.67. The largest absolute Gasteiger partial charge is 0.398 e. The number of carbonyl (C=O) groups excluding carboxylic acids is 1. The molecule has 0 unspecified atom stereocenters. The minimum Gasteiger partial charge on any atom is -0.398 e. The van der Waals surface area contributed by atoms with Crippen molar-refractivity contribution in [2.75, 3.05) is 5.73 Å². The van der Waals surface area contributed by atoms with Gasteiger partial charge in [-0.25, -0.2) is 0 Å². The molecule has 0 fully saturated rings. The maximum Gasteiger partial charge on any atom is 0.150 e. The summed E-state index contributed by atoms with van der Waals surface area (Å²) in [4.78, 5) is 10.4. The van der Waals surface area contributed by atoms with Crippen LogP contribution in [0.1, 0.15) is 29.8 Å². The van der Waals surface area contributed by atoms with E-state index in [1.54, 1.807) is 12.1 Å². The summed E-state index contributed by atoms with van der Waals surface area (Å²) < 4.78 is 0. The first kappa shape index (κ1) is 9.78. The van der Waals surface area contributed by atoms with Crippen molar-refractivity contribution in [2.24, 2.45) is 5.92 Å². The van der Waals surface area contributed by atoms with Crippen molar-refractivity contribution < 1.29 is 4.79 Å². The van der Waals surface area contributed by atoms with Crippen LogP contribution in [0.25, 0.3) is 0 Å². The van der Waals surface area contributed by atoms with Gasteiger partial charge in [-0.1, -0.05) is 26.0 Å². The molecule has 2 nitrogen and oxygen atoms in total. The minimum atomic E-state index is 0.587. The standard InChI is InChI=1S/C11H15NO/c1-8(2)5-10-4-3-9(7-13)6-11(10)12/h3-4,6-8H,5,12H2,1-2H3. The fourth-order valence-electron chi connectivity index (χ4n) is 1.31. The Morgan fingerprint density at radius 2 is 2.15 bits per heavy atom. The van der Waals surface area contributed by atoms with Gasteiger partial charge in [0.25, 0.3) is 0 Å². The minimum absolute atomic E-state index is 0.587. The Balaban J connectivity index is 2.91. The number of anilines is 1. The molecule has 1 rings (SSSR count). The third-order valence-corrected chi connectivity index (χ3v) is 1.93. The summed E-state index contributed by atoms with van der Waals surface area (Å²) in [6.45, 7) is 4.29. The molecular weight excluding hydrogens is 162 g/mol. The van der Waals surface area contributed by atoms with Crippen LogP contribution in [0.5, 0.6) is 0 Å². The van der Waals surface area contributed by atoms with Crippen molar-refractivity contribution in [1.29, 1.82) is 0 Å². The van der Waals surface area contributed by atoms with Crippen molar-refractivity contribution in [2.45, 2.75) is 20.3 Å². The number of rotatable bonds is 3. The van der Waals surface area contributed by atoms with Gasteiger partial charge in [0.1, 0.15) is 6.29 Å². The molecule has 0 atom stereocenters. The highest BCUT2D eigenvalue weighted by Gasteiger charge is 2.02. The number of hydrogen-bond donors (Lipinski definition) is 1. The summed E-state index contributed by atoms with van der Waals surface area (Å²) in [5.41, 5.74) is 8.28. The summed E-state index contributed by atoms with van der Waals surface area (Å²) in [6.07, 6.45) is 1.78. The third-order valence-electron chi connectivity index (χ3n) is 1.93. The summed E-state index contributed by atoms with van der Waals surface area (Å²) in [5.74, 6) is 0.587. The molecule has 2 N–H and O–H groups in total. The maximum absolute atomic E-state index is 10.4. The molecule has 2 heteroatoms. The molecule has 1 aromatic carbocycles. The van der Waals surface area contributed by atoms with Gasteiger partial charge < -0.3 is 5.73 Å². The monoisotopic (exact) mass is 177 g/mol. The van der Waals surface area contributed by atoms with Crippen LogP contribution in [-0.4, -0.2) is 6.29 Å². The lowest BCUT2D eigenvalue weighted by atomic mass is 10.0. The normalized spacial score (nSPS) is 10.4. The van der Waals surface area contributed by atoms with Crippen molar-refractivity contribution in [1.82, 2.24) is 0 Å². The Morgan fingerprint density at radius 3 is 2.62 bits per heavy atom. The molecule has 13 heavy (non-hydrogen) atoms. The van der Waals surface area contributed by atoms with Crippen LogP contribution in [0, 0.1) is 5.92 Å². The molecule has 0 amide bonds. The van der Waals surface area contributed by atoms with Gasteiger partial charge in [-0.05, 0) is 24.0 Å². The molecule has 0 aromatic heterocycles. The Hall–Kier alpha value is -1.31. The van der Waals surface area contributed by atoms with E-state index >= 15 is 0 Å². The number of hydrogen-bond acceptors (Lipinski definition) is 2. The zero-order valence-electron chi connectivity index (χ0n) is 8.08. The van der Waals surface area contributed by atoms with E-state index in [4.69, 9.17) is 5.73 Å². The lowest BCUT2D eigenvalue weighted by Crippen LogP contribution is -2.00. The molecule has 0 heterocycles. The molecule has 0 spiro atoms. The predicted octanol–water partition coefficient (Wildman–Crippen LogP) is 2.28. The Morgan fingerprint density at radius 1 is 1.46 bits per heavy atom. The highest BCUT2D eigenvalue weighted by atomic mass is 16.1. The van der Waals surface area contributed by atoms with E-state index in [0.717, 1.165) is 24.0 Å². The Labute approximate surface area is 78.8 Å². The molecule has 0 saturated carbocycles. The predicted molar refractivity (Wildman–Crippen MR) is 54.8 cm³/mol. The SMILES string of the molecule is CC(C)Cc1ccc(C=O)cc1N. The highest BCUT2D eigenvalue weighted by molar-refractivity contribution is 5.77. The van der Waals surface area contributed by atoms with E-state index in [0.29, 0.717) is 11.5 Å². The number of benzene rings is 1. The molecule has 0 saturated heterocycles. The number of nitrogens with two attached hydrogens (primary N) is 1. The van der Waals surface area contributed by atoms with Crippen LogP contribution in [0.2, 0.25) is 0 Å². The van der Waals surface area contributed by atoms with E-state index in [1.165, 1.54) is 0 Å². The zero-order valence-corrected chi connectivity index (χ0v) is 8.08. The number of nitrogen functional groups attached to an aromatic ring is 1. The van der Waals surface area contributed by atoms with Gasteiger partial charge in [0.15, 0.2) is 0 Å². The quantitative estimate of drug-likeness (QED) is 0.568. The average Bonchev–Trinajstić information content (AvgIpc) is 2.08. The van der Waals surface area contributed by atoms with Crippen molar-refractivity contribution in [3.8, 4) is 0 Å². The summed E-state index contributed by atoms with van der Waals surface area (Å²) in [6, 6.07) is 5.46. The molecule has 1 aromatic rings. The topological polar surface area (TPSA) is 43.1 Å². The summed E-state index contributed by atoms with van der Waals surface area (Å²) >= 11 is 0. The van der Waals surface area contributed by atoms with Crippen LogP contribution in [0.3, 0.4) is 0 Å². The number of aldehydes is 1. The van der Waals surface area contributed by atoms with Gasteiger partial charge >= 0.3 is 0 Å². The summed E-state index contributed by atoms with van der Waals surface area (Å²) in [5, 5.41) is 0. The van der Waals surface area contributed by atoms with Crippen LogP contribution in [-0.2, 0) is 6.42 Å². The molecule has 70 valence electrons. The lowest BCUT2D eigenvalue weighted by Gasteiger charge is -2.08. The van der Waals surface area contributed by atoms with Crippen LogP contribution in [0.4, 0.5) is 5.69 Å². The van der Waals surface area contributed by atoms with Crippen LogP contribution < -0.4 is 5.73 Å². The maximum atomic E-state index is 10.4. The van der Waals surface area contributed by atoms with E-state index < -0.39 is 0 Å². The van der Waals surface area contributed by atoms with Crippen molar-refractivity contribution in [3.63, 3.8) is 0 Å². The summed E-state index contributed by atoms with van der Waals surface area (Å²) in [7, 11) is 0. The second-order valence-corrected chi connectivity index (χ2v) is 3.67. The lowest BCUT2D eigenvalue weighted by molar-refractivity contribution is 0.112. The molecular formula is C11H15NO. The smallest absolute Gasteiger partial charge is 0.150 e. The van der Waals surface area contributed by atoms with Crippen LogP contribution in [0.15, 0.2) is 18.2 Å². The fourth-order valence-corrected chi connectivity index (χ4v) is 1.31.